The number of nitrogens with one attached hydrogen (secondary N) is 1. The van der Waals surface area contributed by atoms with Crippen LogP contribution in [0.5, 0.6) is 0 Å². The van der Waals surface area contributed by atoms with Gasteiger partial charge in [-0.2, -0.15) is 0 Å². The molecule has 1 aliphatic rings. The molecule has 14 heavy (non-hydrogen) atoms. The van der Waals surface area contributed by atoms with Crippen molar-refractivity contribution in [1.82, 2.24) is 10.3 Å². The minimum Gasteiger partial charge on any atom is -0.308 e. The van der Waals surface area contributed by atoms with Gasteiger partial charge in [-0.1, -0.05) is 13.8 Å². The Kier molecular flexibility index (Phi) is 3.19. The summed E-state index contributed by atoms with van der Waals surface area (Å²) >= 11 is 1.67. The molecule has 3 heteroatoms. The summed E-state index contributed by atoms with van der Waals surface area (Å²) in [4.78, 5) is 4.28. The molecule has 0 aliphatic heterocycles. The van der Waals surface area contributed by atoms with Crippen molar-refractivity contribution >= 4 is 11.3 Å². The first kappa shape index (κ1) is 10.1. The van der Waals surface area contributed by atoms with Gasteiger partial charge >= 0.3 is 0 Å². The van der Waals surface area contributed by atoms with Crippen molar-refractivity contribution in [2.45, 2.75) is 39.3 Å². The predicted octanol–water partition coefficient (Wildman–Crippen LogP) is 2.67. The monoisotopic (exact) mass is 210 g/mol. The van der Waals surface area contributed by atoms with Crippen LogP contribution < -0.4 is 5.32 Å². The van der Waals surface area contributed by atoms with Crippen LogP contribution in [-0.2, 0) is 6.54 Å². The van der Waals surface area contributed by atoms with Gasteiger partial charge in [0.15, 0.2) is 0 Å². The van der Waals surface area contributed by atoms with Crippen LogP contribution in [0.3, 0.4) is 0 Å². The summed E-state index contributed by atoms with van der Waals surface area (Å²) in [6, 6.07) is 0.701. The fourth-order valence-electron chi connectivity index (χ4n) is 2.21. The van der Waals surface area contributed by atoms with E-state index in [9.17, 15) is 0 Å². The van der Waals surface area contributed by atoms with Gasteiger partial charge in [-0.15, -0.1) is 11.3 Å². The van der Waals surface area contributed by atoms with Gasteiger partial charge in [0, 0.05) is 18.0 Å². The third-order valence-electron chi connectivity index (χ3n) is 3.49. The Balaban J connectivity index is 1.81. The molecule has 78 valence electrons. The van der Waals surface area contributed by atoms with E-state index in [1.165, 1.54) is 18.5 Å². The highest BCUT2D eigenvalue weighted by Gasteiger charge is 2.28. The highest BCUT2D eigenvalue weighted by Crippen LogP contribution is 2.31. The Morgan fingerprint density at radius 1 is 1.50 bits per heavy atom. The molecule has 1 fully saturated rings. The van der Waals surface area contributed by atoms with E-state index in [2.05, 4.69) is 29.5 Å². The minimum atomic E-state index is 0.701. The lowest BCUT2D eigenvalue weighted by Crippen LogP contribution is -2.31. The zero-order valence-corrected chi connectivity index (χ0v) is 9.68. The molecule has 1 aromatic heterocycles. The molecule has 0 spiro atoms. The third-order valence-corrected chi connectivity index (χ3v) is 4.13. The maximum Gasteiger partial charge on any atom is 0.0795 e. The highest BCUT2D eigenvalue weighted by molar-refractivity contribution is 7.07. The van der Waals surface area contributed by atoms with Crippen LogP contribution in [0.15, 0.2) is 10.9 Å². The molecule has 1 aliphatic carbocycles. The summed E-state index contributed by atoms with van der Waals surface area (Å²) in [6.45, 7) is 5.65. The SMILES string of the molecule is CC1CCC(NCc2cscn2)C1C. The van der Waals surface area contributed by atoms with E-state index in [-0.39, 0.29) is 0 Å². The van der Waals surface area contributed by atoms with Crippen LogP contribution >= 0.6 is 11.3 Å². The maximum atomic E-state index is 4.28. The molecule has 0 aromatic carbocycles. The first-order chi connectivity index (χ1) is 6.77. The number of thiazole rings is 1. The van der Waals surface area contributed by atoms with Gasteiger partial charge in [-0.3, -0.25) is 0 Å². The quantitative estimate of drug-likeness (QED) is 0.829. The first-order valence-corrected chi connectivity index (χ1v) is 6.32. The molecule has 0 saturated heterocycles. The molecule has 1 heterocycles. The summed E-state index contributed by atoms with van der Waals surface area (Å²) < 4.78 is 0. The first-order valence-electron chi connectivity index (χ1n) is 5.38. The minimum absolute atomic E-state index is 0.701. The second-order valence-corrected chi connectivity index (χ2v) is 5.10. The van der Waals surface area contributed by atoms with Gasteiger partial charge < -0.3 is 5.32 Å². The van der Waals surface area contributed by atoms with E-state index in [1.807, 2.05) is 5.51 Å². The van der Waals surface area contributed by atoms with Crippen LogP contribution in [0.1, 0.15) is 32.4 Å². The van der Waals surface area contributed by atoms with Crippen molar-refractivity contribution in [2.24, 2.45) is 11.8 Å². The summed E-state index contributed by atoms with van der Waals surface area (Å²) in [5, 5.41) is 5.73. The molecular weight excluding hydrogens is 192 g/mol. The predicted molar refractivity (Wildman–Crippen MR) is 60.3 cm³/mol. The summed E-state index contributed by atoms with van der Waals surface area (Å²) in [7, 11) is 0. The van der Waals surface area contributed by atoms with E-state index in [1.54, 1.807) is 11.3 Å². The van der Waals surface area contributed by atoms with E-state index in [0.29, 0.717) is 6.04 Å². The summed E-state index contributed by atoms with van der Waals surface area (Å²) in [6.07, 6.45) is 2.70. The van der Waals surface area contributed by atoms with Gasteiger partial charge in [0.2, 0.25) is 0 Å². The Morgan fingerprint density at radius 3 is 2.93 bits per heavy atom. The molecule has 3 atom stereocenters. The van der Waals surface area contributed by atoms with Crippen molar-refractivity contribution in [3.8, 4) is 0 Å². The van der Waals surface area contributed by atoms with Crippen LogP contribution in [0.2, 0.25) is 0 Å². The standard InChI is InChI=1S/C11H18N2S/c1-8-3-4-11(9(8)2)12-5-10-6-14-7-13-10/h6-9,11-12H,3-5H2,1-2H3. The summed E-state index contributed by atoms with van der Waals surface area (Å²) in [5.74, 6) is 1.69. The van der Waals surface area contributed by atoms with E-state index < -0.39 is 0 Å². The van der Waals surface area contributed by atoms with E-state index >= 15 is 0 Å². The Morgan fingerprint density at radius 2 is 2.36 bits per heavy atom. The number of hydrogen-bond acceptors (Lipinski definition) is 3. The van der Waals surface area contributed by atoms with Crippen molar-refractivity contribution < 1.29 is 0 Å². The number of nitrogens with zero attached hydrogens (tertiary/aromatic N) is 1. The van der Waals surface area contributed by atoms with Gasteiger partial charge in [-0.05, 0) is 24.7 Å². The number of hydrogen-bond donors (Lipinski definition) is 1. The molecule has 2 nitrogen and oxygen atoms in total. The molecule has 1 N–H and O–H groups in total. The number of rotatable bonds is 3. The van der Waals surface area contributed by atoms with E-state index in [0.717, 1.165) is 18.4 Å². The van der Waals surface area contributed by atoms with Crippen molar-refractivity contribution in [1.29, 1.82) is 0 Å². The average Bonchev–Trinajstić information content (AvgIpc) is 2.77. The highest BCUT2D eigenvalue weighted by atomic mass is 32.1. The van der Waals surface area contributed by atoms with Crippen LogP contribution in [-0.4, -0.2) is 11.0 Å². The molecule has 1 saturated carbocycles. The zero-order chi connectivity index (χ0) is 9.97. The van der Waals surface area contributed by atoms with Crippen molar-refractivity contribution in [2.75, 3.05) is 0 Å². The Labute approximate surface area is 89.8 Å². The Hall–Kier alpha value is -0.410. The average molecular weight is 210 g/mol. The normalized spacial score (nSPS) is 32.3. The van der Waals surface area contributed by atoms with Gasteiger partial charge in [0.1, 0.15) is 0 Å². The second kappa shape index (κ2) is 4.41. The molecular formula is C11H18N2S. The lowest BCUT2D eigenvalue weighted by Gasteiger charge is -2.18. The lowest BCUT2D eigenvalue weighted by molar-refractivity contribution is 0.369. The van der Waals surface area contributed by atoms with Crippen LogP contribution in [0, 0.1) is 11.8 Å². The fraction of sp³-hybridized carbons (Fsp3) is 0.727. The third kappa shape index (κ3) is 2.15. The molecule has 0 bridgehead atoms. The molecule has 0 amide bonds. The number of aromatic nitrogens is 1. The van der Waals surface area contributed by atoms with Crippen LogP contribution in [0.25, 0.3) is 0 Å². The summed E-state index contributed by atoms with van der Waals surface area (Å²) in [5.41, 5.74) is 3.08. The molecule has 1 aromatic rings. The largest absolute Gasteiger partial charge is 0.308 e. The van der Waals surface area contributed by atoms with Gasteiger partial charge in [0.05, 0.1) is 11.2 Å². The second-order valence-electron chi connectivity index (χ2n) is 4.38. The lowest BCUT2D eigenvalue weighted by atomic mass is 9.98. The van der Waals surface area contributed by atoms with Crippen molar-refractivity contribution in [3.05, 3.63) is 16.6 Å². The smallest absolute Gasteiger partial charge is 0.0795 e. The Bertz CT molecular complexity index is 271. The van der Waals surface area contributed by atoms with Gasteiger partial charge in [0.25, 0.3) is 0 Å². The van der Waals surface area contributed by atoms with E-state index in [4.69, 9.17) is 0 Å². The van der Waals surface area contributed by atoms with Crippen molar-refractivity contribution in [3.63, 3.8) is 0 Å². The molecule has 2 rings (SSSR count). The molecule has 3 unspecified atom stereocenters. The zero-order valence-electron chi connectivity index (χ0n) is 8.86. The van der Waals surface area contributed by atoms with Gasteiger partial charge in [-0.25, -0.2) is 4.98 Å². The molecule has 0 radical (unpaired) electrons. The fourth-order valence-corrected chi connectivity index (χ4v) is 2.77. The topological polar surface area (TPSA) is 24.9 Å². The van der Waals surface area contributed by atoms with Crippen LogP contribution in [0.4, 0.5) is 0 Å². The maximum absolute atomic E-state index is 4.28.